The monoisotopic (exact) mass is 249 g/mol. The van der Waals surface area contributed by atoms with E-state index < -0.39 is 0 Å². The zero-order valence-electron chi connectivity index (χ0n) is 7.37. The number of hydrogen-bond acceptors (Lipinski definition) is 3. The van der Waals surface area contributed by atoms with Crippen molar-refractivity contribution >= 4 is 27.5 Å². The minimum absolute atomic E-state index is 0.475. The minimum Gasteiger partial charge on any atom is -0.480 e. The predicted molar refractivity (Wildman–Crippen MR) is 55.5 cm³/mol. The molecule has 1 heterocycles. The van der Waals surface area contributed by atoms with Crippen molar-refractivity contribution in [1.82, 2.24) is 4.37 Å². The van der Waals surface area contributed by atoms with Gasteiger partial charge in [-0.2, -0.15) is 4.37 Å². The highest BCUT2D eigenvalue weighted by Gasteiger charge is 2.14. The first-order valence-corrected chi connectivity index (χ1v) is 5.48. The highest BCUT2D eigenvalue weighted by atomic mass is 79.9. The third kappa shape index (κ3) is 2.20. The maximum Gasteiger partial charge on any atom is 0.225 e. The molecule has 1 aromatic rings. The zero-order chi connectivity index (χ0) is 9.14. The fourth-order valence-electron chi connectivity index (χ4n) is 0.809. The van der Waals surface area contributed by atoms with Gasteiger partial charge in [-0.15, -0.1) is 0 Å². The first-order valence-electron chi connectivity index (χ1n) is 3.79. The number of hydrogen-bond donors (Lipinski definition) is 0. The predicted octanol–water partition coefficient (Wildman–Crippen LogP) is 3.04. The lowest BCUT2D eigenvalue weighted by molar-refractivity contribution is 0.402. The van der Waals surface area contributed by atoms with Gasteiger partial charge in [0.2, 0.25) is 5.88 Å². The number of nitrogens with zero attached hydrogens (tertiary/aromatic N) is 1. The standard InChI is InChI=1S/C8H12BrNOS/c1-5(6(2)9)7-4-8(11-3)10-12-7/h4-6H,1-3H3. The second kappa shape index (κ2) is 4.23. The van der Waals surface area contributed by atoms with E-state index in [2.05, 4.69) is 34.2 Å². The van der Waals surface area contributed by atoms with Crippen molar-refractivity contribution < 1.29 is 4.74 Å². The van der Waals surface area contributed by atoms with Crippen LogP contribution in [0, 0.1) is 0 Å². The molecule has 0 amide bonds. The van der Waals surface area contributed by atoms with Crippen molar-refractivity contribution in [3.8, 4) is 5.88 Å². The zero-order valence-corrected chi connectivity index (χ0v) is 9.78. The average molecular weight is 250 g/mol. The highest BCUT2D eigenvalue weighted by Crippen LogP contribution is 2.29. The van der Waals surface area contributed by atoms with E-state index in [1.165, 1.54) is 16.4 Å². The summed E-state index contributed by atoms with van der Waals surface area (Å²) in [5.41, 5.74) is 0. The Kier molecular flexibility index (Phi) is 3.53. The topological polar surface area (TPSA) is 22.1 Å². The Labute approximate surface area is 85.2 Å². The van der Waals surface area contributed by atoms with E-state index in [0.717, 1.165) is 5.88 Å². The number of rotatable bonds is 3. The van der Waals surface area contributed by atoms with Crippen molar-refractivity contribution in [3.63, 3.8) is 0 Å². The fraction of sp³-hybridized carbons (Fsp3) is 0.625. The second-order valence-corrected chi connectivity index (χ2v) is 5.02. The van der Waals surface area contributed by atoms with Crippen molar-refractivity contribution in [2.45, 2.75) is 24.6 Å². The van der Waals surface area contributed by atoms with Gasteiger partial charge in [0.25, 0.3) is 0 Å². The molecule has 2 unspecified atom stereocenters. The molecule has 2 nitrogen and oxygen atoms in total. The van der Waals surface area contributed by atoms with Crippen LogP contribution in [0.5, 0.6) is 5.88 Å². The molecule has 0 N–H and O–H groups in total. The van der Waals surface area contributed by atoms with Crippen LogP contribution >= 0.6 is 27.5 Å². The van der Waals surface area contributed by atoms with Gasteiger partial charge in [0.05, 0.1) is 7.11 Å². The van der Waals surface area contributed by atoms with Gasteiger partial charge in [0, 0.05) is 21.7 Å². The molecule has 0 radical (unpaired) electrons. The lowest BCUT2D eigenvalue weighted by atomic mass is 10.1. The molecule has 2 atom stereocenters. The fourth-order valence-corrected chi connectivity index (χ4v) is 2.12. The average Bonchev–Trinajstić information content (AvgIpc) is 2.50. The van der Waals surface area contributed by atoms with Gasteiger partial charge in [-0.05, 0) is 11.5 Å². The SMILES string of the molecule is COc1cc(C(C)C(C)Br)sn1. The number of aromatic nitrogens is 1. The summed E-state index contributed by atoms with van der Waals surface area (Å²) in [5, 5.41) is 0. The van der Waals surface area contributed by atoms with Gasteiger partial charge in [-0.3, -0.25) is 0 Å². The first-order chi connectivity index (χ1) is 5.65. The summed E-state index contributed by atoms with van der Waals surface area (Å²) in [6, 6.07) is 1.99. The largest absolute Gasteiger partial charge is 0.480 e. The van der Waals surface area contributed by atoms with Crippen LogP contribution in [0.2, 0.25) is 0 Å². The normalized spacial score (nSPS) is 15.7. The second-order valence-electron chi connectivity index (χ2n) is 2.74. The Morgan fingerprint density at radius 3 is 2.67 bits per heavy atom. The first kappa shape index (κ1) is 9.99. The van der Waals surface area contributed by atoms with Gasteiger partial charge in [-0.1, -0.05) is 29.8 Å². The van der Waals surface area contributed by atoms with E-state index in [1.54, 1.807) is 7.11 Å². The Balaban J connectivity index is 2.74. The van der Waals surface area contributed by atoms with Crippen LogP contribution in [0.1, 0.15) is 24.6 Å². The lowest BCUT2D eigenvalue weighted by Crippen LogP contribution is -2.01. The molecule has 0 fully saturated rings. The van der Waals surface area contributed by atoms with Gasteiger partial charge in [0.15, 0.2) is 0 Å². The molecule has 0 aliphatic heterocycles. The van der Waals surface area contributed by atoms with Crippen LogP contribution in [-0.2, 0) is 0 Å². The molecule has 0 saturated heterocycles. The van der Waals surface area contributed by atoms with Crippen LogP contribution in [0.25, 0.3) is 0 Å². The van der Waals surface area contributed by atoms with E-state index in [4.69, 9.17) is 4.74 Å². The quantitative estimate of drug-likeness (QED) is 0.769. The number of alkyl halides is 1. The molecule has 0 aromatic carbocycles. The molecule has 0 bridgehead atoms. The minimum atomic E-state index is 0.475. The summed E-state index contributed by atoms with van der Waals surface area (Å²) < 4.78 is 9.15. The van der Waals surface area contributed by atoms with Crippen molar-refractivity contribution in [3.05, 3.63) is 10.9 Å². The third-order valence-corrected chi connectivity index (χ3v) is 3.62. The van der Waals surface area contributed by atoms with Crippen molar-refractivity contribution in [2.24, 2.45) is 0 Å². The third-order valence-electron chi connectivity index (χ3n) is 1.85. The van der Waals surface area contributed by atoms with Gasteiger partial charge < -0.3 is 4.74 Å². The summed E-state index contributed by atoms with van der Waals surface area (Å²) >= 11 is 5.05. The Bertz CT molecular complexity index is 249. The van der Waals surface area contributed by atoms with E-state index >= 15 is 0 Å². The van der Waals surface area contributed by atoms with E-state index in [1.807, 2.05) is 6.07 Å². The molecule has 12 heavy (non-hydrogen) atoms. The van der Waals surface area contributed by atoms with Crippen molar-refractivity contribution in [1.29, 1.82) is 0 Å². The molecule has 68 valence electrons. The van der Waals surface area contributed by atoms with Crippen LogP contribution in [0.15, 0.2) is 6.07 Å². The number of halogens is 1. The number of ether oxygens (including phenoxy) is 1. The van der Waals surface area contributed by atoms with Gasteiger partial charge in [0.1, 0.15) is 0 Å². The van der Waals surface area contributed by atoms with E-state index in [9.17, 15) is 0 Å². The van der Waals surface area contributed by atoms with Crippen LogP contribution in [0.4, 0.5) is 0 Å². The van der Waals surface area contributed by atoms with Crippen LogP contribution in [-0.4, -0.2) is 16.3 Å². The summed E-state index contributed by atoms with van der Waals surface area (Å²) in [6.45, 7) is 4.31. The summed E-state index contributed by atoms with van der Waals surface area (Å²) in [4.78, 5) is 1.74. The molecule has 1 aromatic heterocycles. The Morgan fingerprint density at radius 2 is 2.25 bits per heavy atom. The van der Waals surface area contributed by atoms with Gasteiger partial charge >= 0.3 is 0 Å². The van der Waals surface area contributed by atoms with Crippen LogP contribution < -0.4 is 4.74 Å². The molecule has 0 aliphatic carbocycles. The maximum absolute atomic E-state index is 5.01. The maximum atomic E-state index is 5.01. The molecule has 0 aliphatic rings. The van der Waals surface area contributed by atoms with E-state index in [-0.39, 0.29) is 0 Å². The smallest absolute Gasteiger partial charge is 0.225 e. The molecule has 4 heteroatoms. The van der Waals surface area contributed by atoms with Crippen molar-refractivity contribution in [2.75, 3.05) is 7.11 Å². The van der Waals surface area contributed by atoms with Crippen LogP contribution in [0.3, 0.4) is 0 Å². The molecular formula is C8H12BrNOS. The molecular weight excluding hydrogens is 238 g/mol. The Morgan fingerprint density at radius 1 is 1.58 bits per heavy atom. The molecule has 0 saturated carbocycles. The molecule has 0 spiro atoms. The summed E-state index contributed by atoms with van der Waals surface area (Å²) in [6.07, 6.45) is 0. The highest BCUT2D eigenvalue weighted by molar-refractivity contribution is 9.09. The summed E-state index contributed by atoms with van der Waals surface area (Å²) in [7, 11) is 1.64. The Hall–Kier alpha value is -0.0900. The molecule has 1 rings (SSSR count). The summed E-state index contributed by atoms with van der Waals surface area (Å²) in [5.74, 6) is 1.21. The number of methoxy groups -OCH3 is 1. The van der Waals surface area contributed by atoms with Gasteiger partial charge in [-0.25, -0.2) is 0 Å². The lowest BCUT2D eigenvalue weighted by Gasteiger charge is -2.09. The van der Waals surface area contributed by atoms with E-state index in [0.29, 0.717) is 10.7 Å².